The van der Waals surface area contributed by atoms with Crippen LogP contribution in [-0.2, 0) is 6.54 Å². The van der Waals surface area contributed by atoms with Crippen molar-refractivity contribution in [1.82, 2.24) is 0 Å². The summed E-state index contributed by atoms with van der Waals surface area (Å²) in [5.74, 6) is -0.850. The Morgan fingerprint density at radius 3 is 2.11 bits per heavy atom. The van der Waals surface area contributed by atoms with Gasteiger partial charge in [-0.15, -0.1) is 0 Å². The van der Waals surface area contributed by atoms with Crippen molar-refractivity contribution in [3.63, 3.8) is 0 Å². The van der Waals surface area contributed by atoms with Crippen LogP contribution < -0.4 is 5.32 Å². The molecular formula is C13H8BrCl2F2N. The van der Waals surface area contributed by atoms with E-state index in [-0.39, 0.29) is 15.9 Å². The van der Waals surface area contributed by atoms with E-state index < -0.39 is 5.82 Å². The van der Waals surface area contributed by atoms with Crippen LogP contribution in [0.2, 0.25) is 10.0 Å². The SMILES string of the molecule is Fc1cc(Br)cc(CNc2c(Cl)cc(F)cc2Cl)c1. The van der Waals surface area contributed by atoms with Crippen LogP contribution >= 0.6 is 39.1 Å². The molecule has 0 aromatic heterocycles. The number of anilines is 1. The quantitative estimate of drug-likeness (QED) is 0.740. The fraction of sp³-hybridized carbons (Fsp3) is 0.0769. The Balaban J connectivity index is 2.19. The van der Waals surface area contributed by atoms with Crippen molar-refractivity contribution < 1.29 is 8.78 Å². The van der Waals surface area contributed by atoms with E-state index in [0.29, 0.717) is 22.3 Å². The first-order valence-electron chi connectivity index (χ1n) is 5.29. The van der Waals surface area contributed by atoms with E-state index >= 15 is 0 Å². The van der Waals surface area contributed by atoms with Crippen LogP contribution in [0.15, 0.2) is 34.8 Å². The highest BCUT2D eigenvalue weighted by molar-refractivity contribution is 9.10. The molecule has 1 nitrogen and oxygen atoms in total. The van der Waals surface area contributed by atoms with E-state index in [1.165, 1.54) is 12.1 Å². The summed E-state index contributed by atoms with van der Waals surface area (Å²) in [5, 5.41) is 3.32. The Morgan fingerprint density at radius 1 is 0.947 bits per heavy atom. The minimum atomic E-state index is -0.506. The van der Waals surface area contributed by atoms with Gasteiger partial charge in [-0.25, -0.2) is 8.78 Å². The zero-order chi connectivity index (χ0) is 14.0. The molecule has 2 aromatic carbocycles. The summed E-state index contributed by atoms with van der Waals surface area (Å²) < 4.78 is 26.9. The van der Waals surface area contributed by atoms with Crippen LogP contribution in [0.5, 0.6) is 0 Å². The first-order chi connectivity index (χ1) is 8.95. The van der Waals surface area contributed by atoms with Gasteiger partial charge in [0.05, 0.1) is 15.7 Å². The number of benzene rings is 2. The van der Waals surface area contributed by atoms with Crippen molar-refractivity contribution in [3.8, 4) is 0 Å². The number of halogens is 5. The largest absolute Gasteiger partial charge is 0.379 e. The Kier molecular flexibility index (Phi) is 4.66. The lowest BCUT2D eigenvalue weighted by molar-refractivity contribution is 0.625. The van der Waals surface area contributed by atoms with Crippen LogP contribution in [0.25, 0.3) is 0 Å². The van der Waals surface area contributed by atoms with Crippen molar-refractivity contribution in [2.75, 3.05) is 5.32 Å². The maximum atomic E-state index is 13.2. The minimum Gasteiger partial charge on any atom is -0.379 e. The zero-order valence-corrected chi connectivity index (χ0v) is 12.6. The van der Waals surface area contributed by atoms with E-state index in [9.17, 15) is 8.78 Å². The summed E-state index contributed by atoms with van der Waals surface area (Å²) in [4.78, 5) is 0. The van der Waals surface area contributed by atoms with E-state index in [2.05, 4.69) is 21.2 Å². The highest BCUT2D eigenvalue weighted by Crippen LogP contribution is 2.31. The standard InChI is InChI=1S/C13H8BrCl2F2N/c14-8-1-7(2-9(17)3-8)6-19-13-11(15)4-10(18)5-12(13)16/h1-5,19H,6H2. The predicted octanol–water partition coefficient (Wildman–Crippen LogP) is 5.65. The van der Waals surface area contributed by atoms with Crippen LogP contribution in [-0.4, -0.2) is 0 Å². The Labute approximate surface area is 127 Å². The van der Waals surface area contributed by atoms with E-state index in [0.717, 1.165) is 12.1 Å². The molecule has 0 bridgehead atoms. The molecule has 0 radical (unpaired) electrons. The second-order valence-corrected chi connectivity index (χ2v) is 5.61. The molecule has 1 N–H and O–H groups in total. The number of hydrogen-bond donors (Lipinski definition) is 1. The third-order valence-electron chi connectivity index (χ3n) is 2.40. The molecule has 0 heterocycles. The Hall–Kier alpha value is -0.840. The molecule has 2 rings (SSSR count). The van der Waals surface area contributed by atoms with Crippen molar-refractivity contribution in [2.24, 2.45) is 0 Å². The normalized spacial score (nSPS) is 10.6. The number of hydrogen-bond acceptors (Lipinski definition) is 1. The molecule has 0 spiro atoms. The van der Waals surface area contributed by atoms with Gasteiger partial charge in [-0.05, 0) is 35.9 Å². The third kappa shape index (κ3) is 3.81. The van der Waals surface area contributed by atoms with Gasteiger partial charge >= 0.3 is 0 Å². The lowest BCUT2D eigenvalue weighted by Gasteiger charge is -2.11. The van der Waals surface area contributed by atoms with Gasteiger partial charge in [0.1, 0.15) is 11.6 Å². The van der Waals surface area contributed by atoms with Gasteiger partial charge in [0.15, 0.2) is 0 Å². The molecule has 0 aliphatic heterocycles. The summed E-state index contributed by atoms with van der Waals surface area (Å²) in [7, 11) is 0. The highest BCUT2D eigenvalue weighted by Gasteiger charge is 2.08. The van der Waals surface area contributed by atoms with Crippen LogP contribution in [0, 0.1) is 11.6 Å². The Morgan fingerprint density at radius 2 is 1.53 bits per heavy atom. The topological polar surface area (TPSA) is 12.0 Å². The van der Waals surface area contributed by atoms with E-state index in [4.69, 9.17) is 23.2 Å². The van der Waals surface area contributed by atoms with Crippen molar-refractivity contribution >= 4 is 44.8 Å². The molecule has 6 heteroatoms. The molecule has 0 atom stereocenters. The zero-order valence-electron chi connectivity index (χ0n) is 9.48. The second kappa shape index (κ2) is 6.07. The smallest absolute Gasteiger partial charge is 0.126 e. The maximum Gasteiger partial charge on any atom is 0.126 e. The maximum absolute atomic E-state index is 13.2. The second-order valence-electron chi connectivity index (χ2n) is 3.88. The molecule has 0 aliphatic carbocycles. The average molecular weight is 367 g/mol. The van der Waals surface area contributed by atoms with Gasteiger partial charge in [-0.3, -0.25) is 0 Å². The lowest BCUT2D eigenvalue weighted by Crippen LogP contribution is -2.01. The molecule has 0 saturated carbocycles. The van der Waals surface area contributed by atoms with Crippen LogP contribution in [0.1, 0.15) is 5.56 Å². The molecule has 0 saturated heterocycles. The summed E-state index contributed by atoms with van der Waals surface area (Å²) in [6.45, 7) is 0.321. The molecule has 0 unspecified atom stereocenters. The first-order valence-corrected chi connectivity index (χ1v) is 6.84. The van der Waals surface area contributed by atoms with Gasteiger partial charge in [0.2, 0.25) is 0 Å². The molecule has 100 valence electrons. The first kappa shape index (κ1) is 14.6. The predicted molar refractivity (Wildman–Crippen MR) is 77.8 cm³/mol. The monoisotopic (exact) mass is 365 g/mol. The number of nitrogens with one attached hydrogen (secondary N) is 1. The molecule has 19 heavy (non-hydrogen) atoms. The van der Waals surface area contributed by atoms with Gasteiger partial charge in [-0.1, -0.05) is 39.1 Å². The summed E-state index contributed by atoms with van der Waals surface area (Å²) in [5.41, 5.74) is 1.13. The van der Waals surface area contributed by atoms with Crippen LogP contribution in [0.4, 0.5) is 14.5 Å². The molecule has 0 amide bonds. The van der Waals surface area contributed by atoms with Crippen molar-refractivity contribution in [1.29, 1.82) is 0 Å². The summed E-state index contributed by atoms with van der Waals surface area (Å²) in [6, 6.07) is 6.85. The fourth-order valence-electron chi connectivity index (χ4n) is 1.61. The summed E-state index contributed by atoms with van der Waals surface area (Å²) >= 11 is 15.0. The van der Waals surface area contributed by atoms with Crippen molar-refractivity contribution in [3.05, 3.63) is 62.0 Å². The van der Waals surface area contributed by atoms with E-state index in [1.807, 2.05) is 0 Å². The lowest BCUT2D eigenvalue weighted by atomic mass is 10.2. The van der Waals surface area contributed by atoms with Gasteiger partial charge < -0.3 is 5.32 Å². The highest BCUT2D eigenvalue weighted by atomic mass is 79.9. The average Bonchev–Trinajstić information content (AvgIpc) is 2.25. The Bertz CT molecular complexity index is 576. The molecular weight excluding hydrogens is 359 g/mol. The van der Waals surface area contributed by atoms with Gasteiger partial charge in [0.25, 0.3) is 0 Å². The van der Waals surface area contributed by atoms with Crippen molar-refractivity contribution in [2.45, 2.75) is 6.54 Å². The molecule has 0 fully saturated rings. The van der Waals surface area contributed by atoms with Gasteiger partial charge in [-0.2, -0.15) is 0 Å². The van der Waals surface area contributed by atoms with E-state index in [1.54, 1.807) is 6.07 Å². The number of rotatable bonds is 3. The van der Waals surface area contributed by atoms with Crippen LogP contribution in [0.3, 0.4) is 0 Å². The third-order valence-corrected chi connectivity index (χ3v) is 3.45. The molecule has 0 aliphatic rings. The fourth-order valence-corrected chi connectivity index (χ4v) is 2.72. The van der Waals surface area contributed by atoms with Gasteiger partial charge in [0, 0.05) is 11.0 Å². The molecule has 2 aromatic rings. The minimum absolute atomic E-state index is 0.181. The summed E-state index contributed by atoms with van der Waals surface area (Å²) in [6.07, 6.45) is 0.